The molecule has 0 spiro atoms. The SMILES string of the molecule is CN(C)C(=O)c1cccc(CCN=C(N)N2CCCCCC2)c1. The molecule has 1 saturated heterocycles. The number of rotatable bonds is 4. The van der Waals surface area contributed by atoms with Crippen LogP contribution >= 0.6 is 0 Å². The summed E-state index contributed by atoms with van der Waals surface area (Å²) in [7, 11) is 3.53. The van der Waals surface area contributed by atoms with Gasteiger partial charge < -0.3 is 15.5 Å². The van der Waals surface area contributed by atoms with Crippen LogP contribution in [0.15, 0.2) is 29.3 Å². The first-order chi connectivity index (χ1) is 11.1. The smallest absolute Gasteiger partial charge is 0.253 e. The zero-order valence-corrected chi connectivity index (χ0v) is 14.3. The molecule has 126 valence electrons. The van der Waals surface area contributed by atoms with Crippen LogP contribution < -0.4 is 5.73 Å². The molecule has 0 saturated carbocycles. The molecule has 2 rings (SSSR count). The van der Waals surface area contributed by atoms with Crippen LogP contribution in [0.2, 0.25) is 0 Å². The number of hydrogen-bond acceptors (Lipinski definition) is 2. The number of nitrogens with two attached hydrogens (primary N) is 1. The summed E-state index contributed by atoms with van der Waals surface area (Å²) in [6, 6.07) is 7.75. The minimum atomic E-state index is 0.0273. The van der Waals surface area contributed by atoms with Gasteiger partial charge in [-0.1, -0.05) is 25.0 Å². The Kier molecular flexibility index (Phi) is 6.44. The predicted octanol–water partition coefficient (Wildman–Crippen LogP) is 2.12. The van der Waals surface area contributed by atoms with Crippen LogP contribution in [0, 0.1) is 0 Å². The largest absolute Gasteiger partial charge is 0.370 e. The van der Waals surface area contributed by atoms with Crippen molar-refractivity contribution in [2.75, 3.05) is 33.7 Å². The van der Waals surface area contributed by atoms with E-state index in [-0.39, 0.29) is 5.91 Å². The Morgan fingerprint density at radius 3 is 2.57 bits per heavy atom. The van der Waals surface area contributed by atoms with Gasteiger partial charge in [-0.05, 0) is 37.0 Å². The average Bonchev–Trinajstić information content (AvgIpc) is 2.83. The van der Waals surface area contributed by atoms with E-state index in [1.54, 1.807) is 19.0 Å². The van der Waals surface area contributed by atoms with Crippen LogP contribution in [0.1, 0.15) is 41.6 Å². The Morgan fingerprint density at radius 1 is 1.22 bits per heavy atom. The standard InChI is InChI=1S/C18H28N4O/c1-21(2)17(23)16-9-7-8-15(14-16)10-11-20-18(19)22-12-5-3-4-6-13-22/h7-9,14H,3-6,10-13H2,1-2H3,(H2,19,20). The lowest BCUT2D eigenvalue weighted by atomic mass is 10.1. The summed E-state index contributed by atoms with van der Waals surface area (Å²) in [5, 5.41) is 0. The van der Waals surface area contributed by atoms with Crippen molar-refractivity contribution in [3.05, 3.63) is 35.4 Å². The third-order valence-electron chi connectivity index (χ3n) is 4.18. The zero-order valence-electron chi connectivity index (χ0n) is 14.3. The molecular formula is C18H28N4O. The van der Waals surface area contributed by atoms with Crippen LogP contribution in [-0.2, 0) is 6.42 Å². The predicted molar refractivity (Wildman–Crippen MR) is 94.7 cm³/mol. The maximum Gasteiger partial charge on any atom is 0.253 e. The van der Waals surface area contributed by atoms with Gasteiger partial charge in [0.05, 0.1) is 0 Å². The Labute approximate surface area is 139 Å². The molecule has 1 aromatic carbocycles. The Balaban J connectivity index is 1.91. The van der Waals surface area contributed by atoms with Gasteiger partial charge in [-0.3, -0.25) is 9.79 Å². The van der Waals surface area contributed by atoms with E-state index >= 15 is 0 Å². The highest BCUT2D eigenvalue weighted by Crippen LogP contribution is 2.10. The molecule has 0 bridgehead atoms. The molecule has 0 unspecified atom stereocenters. The van der Waals surface area contributed by atoms with Gasteiger partial charge in [0.1, 0.15) is 0 Å². The second kappa shape index (κ2) is 8.56. The number of hydrogen-bond donors (Lipinski definition) is 1. The number of carbonyl (C=O) groups excluding carboxylic acids is 1. The van der Waals surface area contributed by atoms with Gasteiger partial charge in [-0.25, -0.2) is 0 Å². The summed E-state index contributed by atoms with van der Waals surface area (Å²) in [6.07, 6.45) is 5.77. The molecule has 5 heteroatoms. The number of guanidine groups is 1. The fraction of sp³-hybridized carbons (Fsp3) is 0.556. The maximum atomic E-state index is 12.0. The molecule has 0 radical (unpaired) electrons. The molecule has 0 atom stereocenters. The summed E-state index contributed by atoms with van der Waals surface area (Å²) in [5.74, 6) is 0.687. The fourth-order valence-corrected chi connectivity index (χ4v) is 2.82. The zero-order chi connectivity index (χ0) is 16.7. The summed E-state index contributed by atoms with van der Waals surface area (Å²) in [4.78, 5) is 20.3. The van der Waals surface area contributed by atoms with Crippen molar-refractivity contribution in [2.45, 2.75) is 32.1 Å². The van der Waals surface area contributed by atoms with Gasteiger partial charge in [0.15, 0.2) is 5.96 Å². The highest BCUT2D eigenvalue weighted by Gasteiger charge is 2.11. The van der Waals surface area contributed by atoms with Crippen molar-refractivity contribution in [3.63, 3.8) is 0 Å². The van der Waals surface area contributed by atoms with Crippen molar-refractivity contribution in [1.82, 2.24) is 9.80 Å². The van der Waals surface area contributed by atoms with E-state index in [1.165, 1.54) is 25.7 Å². The van der Waals surface area contributed by atoms with Gasteiger partial charge in [0.2, 0.25) is 0 Å². The van der Waals surface area contributed by atoms with Gasteiger partial charge >= 0.3 is 0 Å². The van der Waals surface area contributed by atoms with Crippen molar-refractivity contribution in [1.29, 1.82) is 0 Å². The molecule has 1 fully saturated rings. The van der Waals surface area contributed by atoms with E-state index in [9.17, 15) is 4.79 Å². The number of aliphatic imine (C=N–C) groups is 1. The van der Waals surface area contributed by atoms with Crippen LogP contribution in [0.4, 0.5) is 0 Å². The average molecular weight is 316 g/mol. The summed E-state index contributed by atoms with van der Waals surface area (Å²) in [5.41, 5.74) is 7.95. The number of benzene rings is 1. The van der Waals surface area contributed by atoms with Crippen LogP contribution in [0.5, 0.6) is 0 Å². The first-order valence-electron chi connectivity index (χ1n) is 8.43. The molecule has 5 nitrogen and oxygen atoms in total. The number of amides is 1. The van der Waals surface area contributed by atoms with E-state index in [1.807, 2.05) is 24.3 Å². The van der Waals surface area contributed by atoms with Gasteiger partial charge in [0, 0.05) is 39.3 Å². The number of nitrogens with zero attached hydrogens (tertiary/aromatic N) is 3. The molecule has 0 aliphatic carbocycles. The quantitative estimate of drug-likeness (QED) is 0.684. The monoisotopic (exact) mass is 316 g/mol. The lowest BCUT2D eigenvalue weighted by Crippen LogP contribution is -2.38. The highest BCUT2D eigenvalue weighted by atomic mass is 16.2. The van der Waals surface area contributed by atoms with E-state index in [4.69, 9.17) is 5.73 Å². The molecular weight excluding hydrogens is 288 g/mol. The third-order valence-corrected chi connectivity index (χ3v) is 4.18. The summed E-state index contributed by atoms with van der Waals surface area (Å²) < 4.78 is 0. The lowest BCUT2D eigenvalue weighted by Gasteiger charge is -2.21. The number of carbonyl (C=O) groups is 1. The molecule has 23 heavy (non-hydrogen) atoms. The minimum absolute atomic E-state index is 0.0273. The molecule has 0 aromatic heterocycles. The fourth-order valence-electron chi connectivity index (χ4n) is 2.82. The van der Waals surface area contributed by atoms with Gasteiger partial charge in [-0.2, -0.15) is 0 Å². The Hall–Kier alpha value is -2.04. The molecule has 1 aromatic rings. The van der Waals surface area contributed by atoms with Crippen molar-refractivity contribution < 1.29 is 4.79 Å². The van der Waals surface area contributed by atoms with Crippen LogP contribution in [0.3, 0.4) is 0 Å². The van der Waals surface area contributed by atoms with Crippen molar-refractivity contribution in [3.8, 4) is 0 Å². The summed E-state index contributed by atoms with van der Waals surface area (Å²) in [6.45, 7) is 2.69. The van der Waals surface area contributed by atoms with Crippen molar-refractivity contribution >= 4 is 11.9 Å². The van der Waals surface area contributed by atoms with E-state index in [0.717, 1.165) is 30.6 Å². The molecule has 1 heterocycles. The third kappa shape index (κ3) is 5.27. The van der Waals surface area contributed by atoms with E-state index < -0.39 is 0 Å². The topological polar surface area (TPSA) is 61.9 Å². The second-order valence-corrected chi connectivity index (χ2v) is 6.29. The lowest BCUT2D eigenvalue weighted by molar-refractivity contribution is 0.0827. The summed E-state index contributed by atoms with van der Waals surface area (Å²) >= 11 is 0. The van der Waals surface area contributed by atoms with Gasteiger partial charge in [-0.15, -0.1) is 0 Å². The molecule has 1 amide bonds. The van der Waals surface area contributed by atoms with Crippen molar-refractivity contribution in [2.24, 2.45) is 10.7 Å². The maximum absolute atomic E-state index is 12.0. The first kappa shape index (κ1) is 17.3. The Bertz CT molecular complexity index is 546. The highest BCUT2D eigenvalue weighted by molar-refractivity contribution is 5.94. The first-order valence-corrected chi connectivity index (χ1v) is 8.43. The van der Waals surface area contributed by atoms with E-state index in [2.05, 4.69) is 9.89 Å². The van der Waals surface area contributed by atoms with Crippen LogP contribution in [0.25, 0.3) is 0 Å². The van der Waals surface area contributed by atoms with Crippen LogP contribution in [-0.4, -0.2) is 55.4 Å². The van der Waals surface area contributed by atoms with Gasteiger partial charge in [0.25, 0.3) is 5.91 Å². The second-order valence-electron chi connectivity index (χ2n) is 6.29. The number of likely N-dealkylation sites (tertiary alicyclic amines) is 1. The molecule has 2 N–H and O–H groups in total. The minimum Gasteiger partial charge on any atom is -0.370 e. The Morgan fingerprint density at radius 2 is 1.91 bits per heavy atom. The molecule has 1 aliphatic rings. The van der Waals surface area contributed by atoms with E-state index in [0.29, 0.717) is 12.5 Å². The molecule has 1 aliphatic heterocycles. The normalized spacial score (nSPS) is 16.1.